The molecule has 2 saturated heterocycles. The van der Waals surface area contributed by atoms with Gasteiger partial charge < -0.3 is 14.8 Å². The zero-order valence-corrected chi connectivity index (χ0v) is 18.0. The van der Waals surface area contributed by atoms with Gasteiger partial charge in [0.1, 0.15) is 5.69 Å². The predicted molar refractivity (Wildman–Crippen MR) is 115 cm³/mol. The summed E-state index contributed by atoms with van der Waals surface area (Å²) in [7, 11) is 0. The second-order valence-electron chi connectivity index (χ2n) is 8.56. The molecule has 0 spiro atoms. The summed E-state index contributed by atoms with van der Waals surface area (Å²) in [6, 6.07) is 4.33. The highest BCUT2D eigenvalue weighted by molar-refractivity contribution is 7.99. The number of piperidine rings is 2. The molecule has 158 valence electrons. The SMILES string of the molecule is CSCC(=O)Nc1ccc2n(c1=O)CC1CC2CN(C2CCN(C(C)=O)CC2)C1. The van der Waals surface area contributed by atoms with Gasteiger partial charge in [-0.2, -0.15) is 11.8 Å². The Kier molecular flexibility index (Phi) is 6.01. The Bertz CT molecular complexity index is 847. The van der Waals surface area contributed by atoms with Gasteiger partial charge in [0.15, 0.2) is 0 Å². The van der Waals surface area contributed by atoms with E-state index < -0.39 is 0 Å². The van der Waals surface area contributed by atoms with E-state index in [4.69, 9.17) is 0 Å². The van der Waals surface area contributed by atoms with Crippen molar-refractivity contribution in [2.24, 2.45) is 5.92 Å². The number of aromatic nitrogens is 1. The molecule has 2 amide bonds. The molecule has 1 aromatic rings. The van der Waals surface area contributed by atoms with Gasteiger partial charge in [0.05, 0.1) is 5.75 Å². The highest BCUT2D eigenvalue weighted by Gasteiger charge is 2.38. The first-order valence-electron chi connectivity index (χ1n) is 10.5. The van der Waals surface area contributed by atoms with Crippen LogP contribution in [-0.2, 0) is 16.1 Å². The van der Waals surface area contributed by atoms with Gasteiger partial charge >= 0.3 is 0 Å². The molecular weight excluding hydrogens is 388 g/mol. The van der Waals surface area contributed by atoms with Crippen molar-refractivity contribution < 1.29 is 9.59 Å². The van der Waals surface area contributed by atoms with Gasteiger partial charge in [-0.15, -0.1) is 0 Å². The van der Waals surface area contributed by atoms with Crippen molar-refractivity contribution in [1.82, 2.24) is 14.4 Å². The zero-order chi connectivity index (χ0) is 20.5. The number of amides is 2. The lowest BCUT2D eigenvalue weighted by molar-refractivity contribution is -0.130. The molecule has 1 aromatic heterocycles. The summed E-state index contributed by atoms with van der Waals surface area (Å²) in [5.41, 5.74) is 1.41. The van der Waals surface area contributed by atoms with Crippen molar-refractivity contribution in [3.63, 3.8) is 0 Å². The second-order valence-corrected chi connectivity index (χ2v) is 9.42. The number of fused-ring (bicyclic) bond motifs is 4. The Morgan fingerprint density at radius 1 is 1.17 bits per heavy atom. The maximum Gasteiger partial charge on any atom is 0.274 e. The molecule has 0 aromatic carbocycles. The summed E-state index contributed by atoms with van der Waals surface area (Å²) in [5.74, 6) is 1.21. The highest BCUT2D eigenvalue weighted by Crippen LogP contribution is 2.37. The largest absolute Gasteiger partial charge is 0.343 e. The molecule has 3 aliphatic heterocycles. The van der Waals surface area contributed by atoms with E-state index >= 15 is 0 Å². The predicted octanol–water partition coefficient (Wildman–Crippen LogP) is 1.58. The topological polar surface area (TPSA) is 74.7 Å². The summed E-state index contributed by atoms with van der Waals surface area (Å²) in [5, 5.41) is 2.76. The molecule has 29 heavy (non-hydrogen) atoms. The average molecular weight is 419 g/mol. The molecule has 3 aliphatic rings. The molecule has 4 rings (SSSR count). The van der Waals surface area contributed by atoms with E-state index in [1.54, 1.807) is 13.0 Å². The van der Waals surface area contributed by atoms with Crippen LogP contribution in [0.3, 0.4) is 0 Å². The van der Waals surface area contributed by atoms with Crippen LogP contribution in [0.25, 0.3) is 0 Å². The number of anilines is 1. The number of carbonyl (C=O) groups is 2. The van der Waals surface area contributed by atoms with E-state index in [2.05, 4.69) is 10.2 Å². The Morgan fingerprint density at radius 3 is 2.62 bits per heavy atom. The molecule has 0 aliphatic carbocycles. The Balaban J connectivity index is 1.47. The number of pyridine rings is 1. The Morgan fingerprint density at radius 2 is 1.93 bits per heavy atom. The summed E-state index contributed by atoms with van der Waals surface area (Å²) in [6.45, 7) is 6.05. The summed E-state index contributed by atoms with van der Waals surface area (Å²) < 4.78 is 1.89. The van der Waals surface area contributed by atoms with Gasteiger partial charge in [0.25, 0.3) is 5.56 Å². The third-order valence-corrected chi connectivity index (χ3v) is 7.16. The summed E-state index contributed by atoms with van der Waals surface area (Å²) in [4.78, 5) is 41.0. The van der Waals surface area contributed by atoms with Crippen molar-refractivity contribution in [2.45, 2.75) is 44.7 Å². The number of likely N-dealkylation sites (tertiary alicyclic amines) is 2. The fraction of sp³-hybridized carbons (Fsp3) is 0.667. The van der Waals surface area contributed by atoms with Crippen LogP contribution in [-0.4, -0.2) is 70.4 Å². The van der Waals surface area contributed by atoms with Crippen LogP contribution >= 0.6 is 11.8 Å². The normalized spacial score (nSPS) is 24.8. The molecule has 2 unspecified atom stereocenters. The van der Waals surface area contributed by atoms with Crippen LogP contribution < -0.4 is 10.9 Å². The first kappa shape index (κ1) is 20.5. The van der Waals surface area contributed by atoms with E-state index in [1.807, 2.05) is 21.8 Å². The third-order valence-electron chi connectivity index (χ3n) is 6.61. The number of hydrogen-bond donors (Lipinski definition) is 1. The number of carbonyl (C=O) groups excluding carboxylic acids is 2. The molecule has 0 radical (unpaired) electrons. The van der Waals surface area contributed by atoms with Crippen LogP contribution in [0, 0.1) is 5.92 Å². The first-order valence-corrected chi connectivity index (χ1v) is 11.9. The van der Waals surface area contributed by atoms with Crippen LogP contribution in [0.4, 0.5) is 5.69 Å². The number of nitrogens with zero attached hydrogens (tertiary/aromatic N) is 3. The molecule has 1 N–H and O–H groups in total. The van der Waals surface area contributed by atoms with Crippen molar-refractivity contribution in [3.05, 3.63) is 28.2 Å². The number of hydrogen-bond acceptors (Lipinski definition) is 5. The van der Waals surface area contributed by atoms with Crippen molar-refractivity contribution in [3.8, 4) is 0 Å². The van der Waals surface area contributed by atoms with Gasteiger partial charge in [0, 0.05) is 57.3 Å². The van der Waals surface area contributed by atoms with E-state index in [-0.39, 0.29) is 17.4 Å². The molecule has 7 nitrogen and oxygen atoms in total. The van der Waals surface area contributed by atoms with Crippen molar-refractivity contribution in [1.29, 1.82) is 0 Å². The molecule has 0 saturated carbocycles. The minimum atomic E-state index is -0.130. The van der Waals surface area contributed by atoms with Gasteiger partial charge in [0.2, 0.25) is 11.8 Å². The standard InChI is InChI=1S/C21H30N4O3S/c1-14(26)23-7-5-17(6-8-23)24-10-15-9-16(12-24)19-4-3-18(21(28)25(19)11-15)22-20(27)13-29-2/h3-4,15-17H,5-13H2,1-2H3,(H,22,27). The lowest BCUT2D eigenvalue weighted by Crippen LogP contribution is -2.53. The van der Waals surface area contributed by atoms with E-state index in [0.717, 1.165) is 57.7 Å². The van der Waals surface area contributed by atoms with Gasteiger partial charge in [-0.3, -0.25) is 19.3 Å². The highest BCUT2D eigenvalue weighted by atomic mass is 32.2. The fourth-order valence-corrected chi connectivity index (χ4v) is 5.57. The minimum absolute atomic E-state index is 0.0742. The monoisotopic (exact) mass is 418 g/mol. The quantitative estimate of drug-likeness (QED) is 0.804. The van der Waals surface area contributed by atoms with E-state index in [0.29, 0.717) is 29.3 Å². The molecule has 2 fully saturated rings. The van der Waals surface area contributed by atoms with E-state index in [1.165, 1.54) is 11.8 Å². The smallest absolute Gasteiger partial charge is 0.274 e. The third kappa shape index (κ3) is 4.23. The van der Waals surface area contributed by atoms with Crippen LogP contribution in [0.2, 0.25) is 0 Å². The molecule has 2 atom stereocenters. The average Bonchev–Trinajstić information content (AvgIpc) is 2.70. The summed E-state index contributed by atoms with van der Waals surface area (Å²) >= 11 is 1.44. The Labute approximate surface area is 175 Å². The van der Waals surface area contributed by atoms with Crippen molar-refractivity contribution in [2.75, 3.05) is 43.5 Å². The molecular formula is C21H30N4O3S. The maximum absolute atomic E-state index is 13.0. The van der Waals surface area contributed by atoms with Gasteiger partial charge in [-0.25, -0.2) is 0 Å². The van der Waals surface area contributed by atoms with Crippen LogP contribution in [0.1, 0.15) is 37.8 Å². The van der Waals surface area contributed by atoms with Gasteiger partial charge in [-0.1, -0.05) is 0 Å². The van der Waals surface area contributed by atoms with Gasteiger partial charge in [-0.05, 0) is 43.6 Å². The summed E-state index contributed by atoms with van der Waals surface area (Å²) in [6.07, 6.45) is 5.06. The first-order chi connectivity index (χ1) is 14.0. The Hall–Kier alpha value is -1.80. The minimum Gasteiger partial charge on any atom is -0.343 e. The maximum atomic E-state index is 13.0. The zero-order valence-electron chi connectivity index (χ0n) is 17.2. The molecule has 2 bridgehead atoms. The fourth-order valence-electron chi connectivity index (χ4n) is 5.24. The number of nitrogens with one attached hydrogen (secondary N) is 1. The van der Waals surface area contributed by atoms with Crippen LogP contribution in [0.15, 0.2) is 16.9 Å². The van der Waals surface area contributed by atoms with E-state index in [9.17, 15) is 14.4 Å². The lowest BCUT2D eigenvalue weighted by Gasteiger charge is -2.47. The second kappa shape index (κ2) is 8.52. The number of rotatable bonds is 4. The number of thioether (sulfide) groups is 1. The van der Waals surface area contributed by atoms with Crippen molar-refractivity contribution >= 4 is 29.3 Å². The molecule has 4 heterocycles. The molecule has 8 heteroatoms. The lowest BCUT2D eigenvalue weighted by atomic mass is 9.82. The van der Waals surface area contributed by atoms with Crippen LogP contribution in [0.5, 0.6) is 0 Å².